The number of para-hydroxylation sites is 1. The summed E-state index contributed by atoms with van der Waals surface area (Å²) in [6, 6.07) is 6.63. The van der Waals surface area contributed by atoms with E-state index in [0.717, 1.165) is 0 Å². The Labute approximate surface area is 107 Å². The standard InChI is InChI=1S/C10H5Cl3N2O/c11-6-2-1-3-7(12)9(6)16-8-4-5-14-10(13)15-8/h1-5H. The summed E-state index contributed by atoms with van der Waals surface area (Å²) in [7, 11) is 0. The van der Waals surface area contributed by atoms with E-state index >= 15 is 0 Å². The number of hydrogen-bond acceptors (Lipinski definition) is 3. The van der Waals surface area contributed by atoms with Gasteiger partial charge in [0.15, 0.2) is 5.75 Å². The van der Waals surface area contributed by atoms with Gasteiger partial charge < -0.3 is 4.74 Å². The van der Waals surface area contributed by atoms with Crippen molar-refractivity contribution < 1.29 is 4.74 Å². The highest BCUT2D eigenvalue weighted by molar-refractivity contribution is 6.37. The minimum Gasteiger partial charge on any atom is -0.436 e. The van der Waals surface area contributed by atoms with Crippen molar-refractivity contribution in [1.82, 2.24) is 9.97 Å². The van der Waals surface area contributed by atoms with Crippen LogP contribution in [-0.2, 0) is 0 Å². The van der Waals surface area contributed by atoms with E-state index in [1.54, 1.807) is 24.3 Å². The minimum atomic E-state index is 0.0978. The fraction of sp³-hybridized carbons (Fsp3) is 0. The van der Waals surface area contributed by atoms with Gasteiger partial charge in [0, 0.05) is 12.3 Å². The molecule has 0 atom stereocenters. The quantitative estimate of drug-likeness (QED) is 0.769. The van der Waals surface area contributed by atoms with E-state index in [4.69, 9.17) is 39.5 Å². The van der Waals surface area contributed by atoms with Crippen LogP contribution in [0.4, 0.5) is 0 Å². The Morgan fingerprint density at radius 1 is 1.00 bits per heavy atom. The van der Waals surface area contributed by atoms with Crippen LogP contribution in [0, 0.1) is 0 Å². The van der Waals surface area contributed by atoms with Gasteiger partial charge in [-0.25, -0.2) is 4.98 Å². The van der Waals surface area contributed by atoms with Gasteiger partial charge in [0.05, 0.1) is 10.0 Å². The second-order valence-corrected chi connectivity index (χ2v) is 3.97. The molecule has 0 fully saturated rings. The summed E-state index contributed by atoms with van der Waals surface area (Å²) >= 11 is 17.5. The molecular weight excluding hydrogens is 270 g/mol. The first kappa shape index (κ1) is 11.5. The summed E-state index contributed by atoms with van der Waals surface area (Å²) in [5.74, 6) is 0.635. The van der Waals surface area contributed by atoms with Crippen molar-refractivity contribution >= 4 is 34.8 Å². The van der Waals surface area contributed by atoms with Crippen LogP contribution in [0.3, 0.4) is 0 Å². The predicted octanol–water partition coefficient (Wildman–Crippen LogP) is 4.23. The molecule has 3 nitrogen and oxygen atoms in total. The zero-order chi connectivity index (χ0) is 11.5. The summed E-state index contributed by atoms with van der Waals surface area (Å²) in [6.45, 7) is 0. The van der Waals surface area contributed by atoms with Crippen LogP contribution in [-0.4, -0.2) is 9.97 Å². The molecule has 0 bridgehead atoms. The average molecular weight is 276 g/mol. The van der Waals surface area contributed by atoms with Crippen LogP contribution in [0.5, 0.6) is 11.6 Å². The van der Waals surface area contributed by atoms with E-state index in [0.29, 0.717) is 15.8 Å². The predicted molar refractivity (Wildman–Crippen MR) is 63.6 cm³/mol. The zero-order valence-corrected chi connectivity index (χ0v) is 10.1. The van der Waals surface area contributed by atoms with Crippen molar-refractivity contribution in [3.05, 3.63) is 45.8 Å². The van der Waals surface area contributed by atoms with Gasteiger partial charge >= 0.3 is 0 Å². The van der Waals surface area contributed by atoms with Crippen LogP contribution in [0.25, 0.3) is 0 Å². The van der Waals surface area contributed by atoms with Crippen molar-refractivity contribution in [3.63, 3.8) is 0 Å². The molecule has 2 aromatic rings. The Hall–Kier alpha value is -1.03. The molecule has 0 aliphatic rings. The fourth-order valence-electron chi connectivity index (χ4n) is 1.06. The summed E-state index contributed by atoms with van der Waals surface area (Å²) in [5.41, 5.74) is 0. The molecule has 0 N–H and O–H groups in total. The molecule has 0 spiro atoms. The van der Waals surface area contributed by atoms with Gasteiger partial charge in [-0.15, -0.1) is 0 Å². The normalized spacial score (nSPS) is 10.2. The summed E-state index contributed by atoms with van der Waals surface area (Å²) in [6.07, 6.45) is 1.48. The first-order valence-electron chi connectivity index (χ1n) is 4.27. The van der Waals surface area contributed by atoms with Gasteiger partial charge in [-0.3, -0.25) is 0 Å². The number of hydrogen-bond donors (Lipinski definition) is 0. The maximum Gasteiger partial charge on any atom is 0.225 e. The van der Waals surface area contributed by atoms with Crippen molar-refractivity contribution in [2.24, 2.45) is 0 Å². The molecule has 1 aromatic carbocycles. The number of ether oxygens (including phenoxy) is 1. The molecule has 0 amide bonds. The number of rotatable bonds is 2. The van der Waals surface area contributed by atoms with E-state index in [1.807, 2.05) is 0 Å². The van der Waals surface area contributed by atoms with Gasteiger partial charge in [0.25, 0.3) is 0 Å². The summed E-state index contributed by atoms with van der Waals surface area (Å²) < 4.78 is 5.42. The van der Waals surface area contributed by atoms with Crippen LogP contribution in [0.1, 0.15) is 0 Å². The number of halogens is 3. The van der Waals surface area contributed by atoms with Gasteiger partial charge in [-0.1, -0.05) is 29.3 Å². The monoisotopic (exact) mass is 274 g/mol. The summed E-state index contributed by atoms with van der Waals surface area (Å²) in [5, 5.41) is 0.908. The van der Waals surface area contributed by atoms with Crippen molar-refractivity contribution in [2.45, 2.75) is 0 Å². The van der Waals surface area contributed by atoms with E-state index in [-0.39, 0.29) is 11.2 Å². The lowest BCUT2D eigenvalue weighted by molar-refractivity contribution is 0.462. The second kappa shape index (κ2) is 4.87. The molecule has 6 heteroatoms. The number of aromatic nitrogens is 2. The van der Waals surface area contributed by atoms with Crippen LogP contribution >= 0.6 is 34.8 Å². The van der Waals surface area contributed by atoms with Gasteiger partial charge in [0.2, 0.25) is 11.2 Å². The maximum atomic E-state index is 5.93. The molecular formula is C10H5Cl3N2O. The molecule has 0 aliphatic carbocycles. The molecule has 0 unspecified atom stereocenters. The molecule has 0 aliphatic heterocycles. The Balaban J connectivity index is 2.34. The van der Waals surface area contributed by atoms with E-state index in [1.165, 1.54) is 6.20 Å². The Morgan fingerprint density at radius 3 is 2.31 bits per heavy atom. The minimum absolute atomic E-state index is 0.0978. The van der Waals surface area contributed by atoms with Gasteiger partial charge in [-0.05, 0) is 23.7 Å². The molecule has 16 heavy (non-hydrogen) atoms. The van der Waals surface area contributed by atoms with E-state index in [2.05, 4.69) is 9.97 Å². The van der Waals surface area contributed by atoms with Crippen LogP contribution in [0.2, 0.25) is 15.3 Å². The second-order valence-electron chi connectivity index (χ2n) is 2.82. The molecule has 0 saturated carbocycles. The molecule has 1 heterocycles. The lowest BCUT2D eigenvalue weighted by Gasteiger charge is -2.07. The van der Waals surface area contributed by atoms with Crippen molar-refractivity contribution in [1.29, 1.82) is 0 Å². The Morgan fingerprint density at radius 2 is 1.69 bits per heavy atom. The van der Waals surface area contributed by atoms with Gasteiger partial charge in [-0.2, -0.15) is 4.98 Å². The van der Waals surface area contributed by atoms with E-state index in [9.17, 15) is 0 Å². The molecule has 0 saturated heterocycles. The third-order valence-corrected chi connectivity index (χ3v) is 2.50. The average Bonchev–Trinajstić information content (AvgIpc) is 2.24. The van der Waals surface area contributed by atoms with Gasteiger partial charge in [0.1, 0.15) is 0 Å². The topological polar surface area (TPSA) is 35.0 Å². The smallest absolute Gasteiger partial charge is 0.225 e. The number of nitrogens with zero attached hydrogens (tertiary/aromatic N) is 2. The largest absolute Gasteiger partial charge is 0.436 e. The molecule has 2 rings (SSSR count). The zero-order valence-electron chi connectivity index (χ0n) is 7.82. The van der Waals surface area contributed by atoms with Crippen molar-refractivity contribution in [2.75, 3.05) is 0 Å². The lowest BCUT2D eigenvalue weighted by Crippen LogP contribution is -1.90. The first-order chi connectivity index (χ1) is 7.66. The van der Waals surface area contributed by atoms with Crippen molar-refractivity contribution in [3.8, 4) is 11.6 Å². The lowest BCUT2D eigenvalue weighted by atomic mass is 10.3. The van der Waals surface area contributed by atoms with E-state index < -0.39 is 0 Å². The third kappa shape index (κ3) is 2.55. The van der Waals surface area contributed by atoms with Crippen LogP contribution < -0.4 is 4.74 Å². The highest BCUT2D eigenvalue weighted by Crippen LogP contribution is 2.35. The SMILES string of the molecule is Clc1nccc(Oc2c(Cl)cccc2Cl)n1. The number of benzene rings is 1. The first-order valence-corrected chi connectivity index (χ1v) is 5.40. The Bertz CT molecular complexity index is 499. The summed E-state index contributed by atoms with van der Waals surface area (Å²) in [4.78, 5) is 7.60. The molecule has 82 valence electrons. The third-order valence-electron chi connectivity index (χ3n) is 1.73. The molecule has 1 aromatic heterocycles. The molecule has 0 radical (unpaired) electrons. The highest BCUT2D eigenvalue weighted by Gasteiger charge is 2.08. The Kier molecular flexibility index (Phi) is 3.49. The highest BCUT2D eigenvalue weighted by atomic mass is 35.5. The maximum absolute atomic E-state index is 5.93. The van der Waals surface area contributed by atoms with Crippen LogP contribution in [0.15, 0.2) is 30.5 Å². The fourth-order valence-corrected chi connectivity index (χ4v) is 1.68.